The van der Waals surface area contributed by atoms with Gasteiger partial charge in [-0.1, -0.05) is 48.5 Å². The molecule has 0 bridgehead atoms. The fraction of sp³-hybridized carbons (Fsp3) is 0.263. The van der Waals surface area contributed by atoms with Gasteiger partial charge in [0.25, 0.3) is 5.91 Å². The minimum atomic E-state index is -0.714. The molecule has 0 aromatic heterocycles. The van der Waals surface area contributed by atoms with Gasteiger partial charge < -0.3 is 15.7 Å². The van der Waals surface area contributed by atoms with E-state index in [9.17, 15) is 9.59 Å². The van der Waals surface area contributed by atoms with Crippen LogP contribution in [0.1, 0.15) is 22.8 Å². The summed E-state index contributed by atoms with van der Waals surface area (Å²) in [6, 6.07) is 17.2. The third-order valence-corrected chi connectivity index (χ3v) is 3.60. The highest BCUT2D eigenvalue weighted by Crippen LogP contribution is 2.06. The molecule has 0 spiro atoms. The number of hydrogen-bond acceptors (Lipinski definition) is 3. The van der Waals surface area contributed by atoms with Crippen molar-refractivity contribution in [1.29, 1.82) is 0 Å². The van der Waals surface area contributed by atoms with Crippen LogP contribution in [0.15, 0.2) is 60.7 Å². The monoisotopic (exact) mass is 326 g/mol. The van der Waals surface area contributed by atoms with Crippen molar-refractivity contribution in [3.05, 3.63) is 71.8 Å². The lowest BCUT2D eigenvalue weighted by molar-refractivity contribution is -0.123. The van der Waals surface area contributed by atoms with Crippen LogP contribution in [0.5, 0.6) is 0 Å². The molecule has 0 heterocycles. The van der Waals surface area contributed by atoms with Crippen molar-refractivity contribution < 1.29 is 14.7 Å². The summed E-state index contributed by atoms with van der Waals surface area (Å²) in [6.45, 7) is 1.55. The molecular weight excluding hydrogens is 304 g/mol. The number of carbonyl (C=O) groups excluding carboxylic acids is 2. The number of rotatable bonds is 7. The average Bonchev–Trinajstić information content (AvgIpc) is 2.62. The second-order valence-electron chi connectivity index (χ2n) is 5.67. The highest BCUT2D eigenvalue weighted by atomic mass is 16.3. The Hall–Kier alpha value is -2.66. The SMILES string of the molecule is CC(CO)NC(=O)C(Cc1ccccc1)NC(=O)c1ccccc1. The average molecular weight is 326 g/mol. The second kappa shape index (κ2) is 8.84. The van der Waals surface area contributed by atoms with Crippen LogP contribution in [-0.2, 0) is 11.2 Å². The van der Waals surface area contributed by atoms with Crippen molar-refractivity contribution in [2.45, 2.75) is 25.4 Å². The van der Waals surface area contributed by atoms with Gasteiger partial charge >= 0.3 is 0 Å². The molecule has 0 aliphatic carbocycles. The van der Waals surface area contributed by atoms with E-state index in [2.05, 4.69) is 10.6 Å². The number of benzene rings is 2. The van der Waals surface area contributed by atoms with Crippen LogP contribution in [0, 0.1) is 0 Å². The van der Waals surface area contributed by atoms with E-state index in [-0.39, 0.29) is 24.5 Å². The van der Waals surface area contributed by atoms with Gasteiger partial charge in [0.05, 0.1) is 6.61 Å². The molecule has 24 heavy (non-hydrogen) atoms. The van der Waals surface area contributed by atoms with E-state index >= 15 is 0 Å². The highest BCUT2D eigenvalue weighted by molar-refractivity contribution is 5.97. The topological polar surface area (TPSA) is 78.4 Å². The quantitative estimate of drug-likeness (QED) is 0.722. The van der Waals surface area contributed by atoms with Crippen LogP contribution in [0.2, 0.25) is 0 Å². The van der Waals surface area contributed by atoms with E-state index in [1.165, 1.54) is 0 Å². The zero-order valence-corrected chi connectivity index (χ0v) is 13.6. The van der Waals surface area contributed by atoms with Crippen molar-refractivity contribution in [3.63, 3.8) is 0 Å². The predicted octanol–water partition coefficient (Wildman–Crippen LogP) is 1.52. The maximum Gasteiger partial charge on any atom is 0.251 e. The van der Waals surface area contributed by atoms with Crippen molar-refractivity contribution >= 4 is 11.8 Å². The maximum absolute atomic E-state index is 12.4. The zero-order valence-electron chi connectivity index (χ0n) is 13.6. The van der Waals surface area contributed by atoms with E-state index < -0.39 is 6.04 Å². The smallest absolute Gasteiger partial charge is 0.251 e. The van der Waals surface area contributed by atoms with Crippen LogP contribution >= 0.6 is 0 Å². The molecule has 0 fully saturated rings. The summed E-state index contributed by atoms with van der Waals surface area (Å²) < 4.78 is 0. The number of amides is 2. The summed E-state index contributed by atoms with van der Waals surface area (Å²) in [5.74, 6) is -0.618. The van der Waals surface area contributed by atoms with Gasteiger partial charge in [-0.15, -0.1) is 0 Å². The maximum atomic E-state index is 12.4. The summed E-state index contributed by atoms with van der Waals surface area (Å²) >= 11 is 0. The Morgan fingerprint density at radius 3 is 2.12 bits per heavy atom. The largest absolute Gasteiger partial charge is 0.394 e. The molecule has 0 radical (unpaired) electrons. The molecule has 126 valence electrons. The highest BCUT2D eigenvalue weighted by Gasteiger charge is 2.22. The first-order valence-corrected chi connectivity index (χ1v) is 7.91. The standard InChI is InChI=1S/C19H22N2O3/c1-14(13-22)20-19(24)17(12-15-8-4-2-5-9-15)21-18(23)16-10-6-3-7-11-16/h2-11,14,17,22H,12-13H2,1H3,(H,20,24)(H,21,23). The normalized spacial score (nSPS) is 12.9. The summed E-state index contributed by atoms with van der Waals surface area (Å²) in [5.41, 5.74) is 1.45. The predicted molar refractivity (Wildman–Crippen MR) is 92.5 cm³/mol. The molecular formula is C19H22N2O3. The Morgan fingerprint density at radius 2 is 1.54 bits per heavy atom. The van der Waals surface area contributed by atoms with Crippen LogP contribution in [0.3, 0.4) is 0 Å². The molecule has 2 aromatic carbocycles. The van der Waals surface area contributed by atoms with Gasteiger partial charge in [0.15, 0.2) is 0 Å². The fourth-order valence-electron chi connectivity index (χ4n) is 2.28. The van der Waals surface area contributed by atoms with Crippen molar-refractivity contribution in [3.8, 4) is 0 Å². The third-order valence-electron chi connectivity index (χ3n) is 3.60. The van der Waals surface area contributed by atoms with E-state index in [0.717, 1.165) is 5.56 Å². The molecule has 2 unspecified atom stereocenters. The summed E-state index contributed by atoms with van der Waals surface area (Å²) in [7, 11) is 0. The van der Waals surface area contributed by atoms with Crippen LogP contribution in [0.4, 0.5) is 0 Å². The van der Waals surface area contributed by atoms with Gasteiger partial charge in [-0.3, -0.25) is 9.59 Å². The number of aliphatic hydroxyl groups is 1. The Kier molecular flexibility index (Phi) is 6.51. The Bertz CT molecular complexity index is 659. The molecule has 5 heteroatoms. The molecule has 2 rings (SSSR count). The van der Waals surface area contributed by atoms with Gasteiger partial charge in [-0.2, -0.15) is 0 Å². The summed E-state index contributed by atoms with van der Waals surface area (Å²) in [5, 5.41) is 14.6. The number of carbonyl (C=O) groups is 2. The minimum absolute atomic E-state index is 0.156. The fourth-order valence-corrected chi connectivity index (χ4v) is 2.28. The van der Waals surface area contributed by atoms with Crippen LogP contribution < -0.4 is 10.6 Å². The molecule has 0 saturated heterocycles. The van der Waals surface area contributed by atoms with Gasteiger partial charge in [-0.25, -0.2) is 0 Å². The number of nitrogens with one attached hydrogen (secondary N) is 2. The van der Waals surface area contributed by atoms with E-state index in [0.29, 0.717) is 12.0 Å². The molecule has 0 saturated carbocycles. The van der Waals surface area contributed by atoms with Gasteiger partial charge in [0.1, 0.15) is 6.04 Å². The second-order valence-corrected chi connectivity index (χ2v) is 5.67. The Balaban J connectivity index is 2.12. The summed E-state index contributed by atoms with van der Waals surface area (Å²) in [6.07, 6.45) is 0.378. The zero-order chi connectivity index (χ0) is 17.4. The van der Waals surface area contributed by atoms with Crippen molar-refractivity contribution in [2.24, 2.45) is 0 Å². The van der Waals surface area contributed by atoms with Gasteiger partial charge in [0, 0.05) is 18.0 Å². The minimum Gasteiger partial charge on any atom is -0.394 e. The molecule has 5 nitrogen and oxygen atoms in total. The van der Waals surface area contributed by atoms with Gasteiger partial charge in [-0.05, 0) is 24.6 Å². The molecule has 2 atom stereocenters. The summed E-state index contributed by atoms with van der Waals surface area (Å²) in [4.78, 5) is 24.8. The molecule has 0 aliphatic heterocycles. The van der Waals surface area contributed by atoms with Crippen LogP contribution in [0.25, 0.3) is 0 Å². The Morgan fingerprint density at radius 1 is 0.958 bits per heavy atom. The molecule has 3 N–H and O–H groups in total. The van der Waals surface area contributed by atoms with Crippen LogP contribution in [-0.4, -0.2) is 35.6 Å². The lowest BCUT2D eigenvalue weighted by atomic mass is 10.0. The first-order valence-electron chi connectivity index (χ1n) is 7.91. The molecule has 0 aliphatic rings. The van der Waals surface area contributed by atoms with Crippen molar-refractivity contribution in [2.75, 3.05) is 6.61 Å². The van der Waals surface area contributed by atoms with E-state index in [1.54, 1.807) is 31.2 Å². The molecule has 2 amide bonds. The van der Waals surface area contributed by atoms with Crippen molar-refractivity contribution in [1.82, 2.24) is 10.6 Å². The lowest BCUT2D eigenvalue weighted by Gasteiger charge is -2.21. The molecule has 2 aromatic rings. The first-order chi connectivity index (χ1) is 11.6. The number of hydrogen-bond donors (Lipinski definition) is 3. The number of aliphatic hydroxyl groups excluding tert-OH is 1. The third kappa shape index (κ3) is 5.21. The first kappa shape index (κ1) is 17.7. The van der Waals surface area contributed by atoms with Gasteiger partial charge in [0.2, 0.25) is 5.91 Å². The Labute approximate surface area is 141 Å². The van der Waals surface area contributed by atoms with E-state index in [4.69, 9.17) is 5.11 Å². The lowest BCUT2D eigenvalue weighted by Crippen LogP contribution is -2.50. The van der Waals surface area contributed by atoms with E-state index in [1.807, 2.05) is 36.4 Å².